The summed E-state index contributed by atoms with van der Waals surface area (Å²) in [5.41, 5.74) is 7.89. The molecule has 0 unspecified atom stereocenters. The number of nitrogens with zero attached hydrogens (tertiary/aromatic N) is 5. The van der Waals surface area contributed by atoms with Gasteiger partial charge in [-0.15, -0.1) is 11.8 Å². The summed E-state index contributed by atoms with van der Waals surface area (Å²) in [5.74, 6) is 1.34. The summed E-state index contributed by atoms with van der Waals surface area (Å²) in [6, 6.07) is 5.57. The van der Waals surface area contributed by atoms with E-state index in [9.17, 15) is 4.79 Å². The van der Waals surface area contributed by atoms with Crippen LogP contribution < -0.4 is 15.2 Å². The van der Waals surface area contributed by atoms with Gasteiger partial charge in [0.05, 0.1) is 20.5 Å². The van der Waals surface area contributed by atoms with Crippen molar-refractivity contribution in [2.24, 2.45) is 0 Å². The molecule has 2 aromatic heterocycles. The van der Waals surface area contributed by atoms with E-state index in [2.05, 4.69) is 15.0 Å². The number of fused-ring (bicyclic) bond motifs is 1. The fourth-order valence-corrected chi connectivity index (χ4v) is 3.32. The number of methoxy groups -OCH3 is 2. The molecule has 0 saturated heterocycles. The number of ether oxygens (including phenoxy) is 2. The van der Waals surface area contributed by atoms with Crippen molar-refractivity contribution in [1.82, 2.24) is 24.4 Å². The van der Waals surface area contributed by atoms with Crippen molar-refractivity contribution in [3.05, 3.63) is 30.1 Å². The van der Waals surface area contributed by atoms with E-state index in [0.717, 1.165) is 5.56 Å². The maximum absolute atomic E-state index is 12.7. The molecule has 3 rings (SSSR count). The zero-order valence-electron chi connectivity index (χ0n) is 16.2. The zero-order chi connectivity index (χ0) is 20.3. The molecule has 3 aromatic rings. The average Bonchev–Trinajstić information content (AvgIpc) is 3.09. The summed E-state index contributed by atoms with van der Waals surface area (Å²) < 4.78 is 12.2. The van der Waals surface area contributed by atoms with Gasteiger partial charge >= 0.3 is 0 Å². The van der Waals surface area contributed by atoms with Crippen LogP contribution >= 0.6 is 11.8 Å². The van der Waals surface area contributed by atoms with Gasteiger partial charge in [-0.05, 0) is 24.0 Å². The minimum atomic E-state index is -0.0861. The van der Waals surface area contributed by atoms with Gasteiger partial charge in [-0.3, -0.25) is 4.79 Å². The largest absolute Gasteiger partial charge is 0.493 e. The third-order valence-electron chi connectivity index (χ3n) is 4.24. The van der Waals surface area contributed by atoms with Gasteiger partial charge in [-0.2, -0.15) is 4.98 Å². The first-order valence-electron chi connectivity index (χ1n) is 8.44. The predicted octanol–water partition coefficient (Wildman–Crippen LogP) is 1.81. The summed E-state index contributed by atoms with van der Waals surface area (Å²) in [7, 11) is 4.91. The van der Waals surface area contributed by atoms with Gasteiger partial charge in [0.1, 0.15) is 17.1 Å². The Bertz CT molecular complexity index is 1010. The molecule has 2 heterocycles. The van der Waals surface area contributed by atoms with Crippen molar-refractivity contribution in [1.29, 1.82) is 0 Å². The topological polar surface area (TPSA) is 108 Å². The number of benzene rings is 1. The summed E-state index contributed by atoms with van der Waals surface area (Å²) >= 11 is 1.43. The molecule has 0 spiro atoms. The number of aromatic nitrogens is 4. The lowest BCUT2D eigenvalue weighted by atomic mass is 10.2. The van der Waals surface area contributed by atoms with Crippen LogP contribution in [0.1, 0.15) is 5.56 Å². The van der Waals surface area contributed by atoms with Gasteiger partial charge in [-0.1, -0.05) is 6.07 Å². The molecule has 0 fully saturated rings. The number of likely N-dealkylation sites (N-methyl/N-ethyl adjacent to an activating group) is 1. The predicted molar refractivity (Wildman–Crippen MR) is 108 cm³/mol. The molecule has 148 valence electrons. The van der Waals surface area contributed by atoms with E-state index < -0.39 is 0 Å². The molecule has 0 atom stereocenters. The molecule has 1 amide bonds. The summed E-state index contributed by atoms with van der Waals surface area (Å²) in [4.78, 5) is 27.1. The first kappa shape index (κ1) is 19.7. The molecule has 0 aliphatic rings. The van der Waals surface area contributed by atoms with Crippen molar-refractivity contribution in [2.45, 2.75) is 18.1 Å². The minimum absolute atomic E-state index is 0.0861. The Morgan fingerprint density at radius 3 is 2.68 bits per heavy atom. The van der Waals surface area contributed by atoms with Crippen molar-refractivity contribution >= 4 is 34.8 Å². The summed E-state index contributed by atoms with van der Waals surface area (Å²) in [5, 5.41) is 0.687. The number of hydrogen-bond donors (Lipinski definition) is 1. The van der Waals surface area contributed by atoms with Gasteiger partial charge in [-0.25, -0.2) is 9.97 Å². The van der Waals surface area contributed by atoms with Crippen molar-refractivity contribution < 1.29 is 14.3 Å². The standard InChI is InChI=1S/C18H22N6O3S/c1-23(8-11-5-6-12(26-2)13(7-11)27-3)14(25)9-24-10-20-15-16(24)21-18(19)22-17(15)28-4/h5-7,10H,8-9H2,1-4H3,(H2,19,21,22). The molecular weight excluding hydrogens is 380 g/mol. The van der Waals surface area contributed by atoms with Crippen LogP contribution in [0.2, 0.25) is 0 Å². The number of rotatable bonds is 7. The molecule has 0 aliphatic heterocycles. The average molecular weight is 402 g/mol. The maximum atomic E-state index is 12.7. The SMILES string of the molecule is COc1ccc(CN(C)C(=O)Cn2cnc3c(SC)nc(N)nc32)cc1OC. The molecule has 1 aromatic carbocycles. The number of thioether (sulfide) groups is 1. The van der Waals surface area contributed by atoms with E-state index in [1.165, 1.54) is 11.8 Å². The lowest BCUT2D eigenvalue weighted by molar-refractivity contribution is -0.131. The number of carbonyl (C=O) groups excluding carboxylic acids is 1. The van der Waals surface area contributed by atoms with E-state index >= 15 is 0 Å². The quantitative estimate of drug-likeness (QED) is 0.471. The molecule has 9 nitrogen and oxygen atoms in total. The van der Waals surface area contributed by atoms with Crippen LogP contribution in [0.3, 0.4) is 0 Å². The molecule has 0 bridgehead atoms. The van der Waals surface area contributed by atoms with Crippen LogP contribution in [0.5, 0.6) is 11.5 Å². The van der Waals surface area contributed by atoms with Crippen LogP contribution in [-0.4, -0.2) is 57.8 Å². The van der Waals surface area contributed by atoms with Gasteiger partial charge in [0, 0.05) is 13.6 Å². The van der Waals surface area contributed by atoms with Crippen LogP contribution in [0.4, 0.5) is 5.95 Å². The Morgan fingerprint density at radius 2 is 2.00 bits per heavy atom. The van der Waals surface area contributed by atoms with Crippen LogP contribution in [0.25, 0.3) is 11.2 Å². The lowest BCUT2D eigenvalue weighted by Gasteiger charge is -2.18. The van der Waals surface area contributed by atoms with Crippen LogP contribution in [0, 0.1) is 0 Å². The lowest BCUT2D eigenvalue weighted by Crippen LogP contribution is -2.29. The fourth-order valence-electron chi connectivity index (χ4n) is 2.80. The number of anilines is 1. The molecule has 10 heteroatoms. The van der Waals surface area contributed by atoms with Crippen molar-refractivity contribution in [2.75, 3.05) is 33.3 Å². The highest BCUT2D eigenvalue weighted by molar-refractivity contribution is 7.98. The number of nitrogens with two attached hydrogens (primary N) is 1. The number of carbonyl (C=O) groups is 1. The number of nitrogen functional groups attached to an aromatic ring is 1. The molecule has 2 N–H and O–H groups in total. The smallest absolute Gasteiger partial charge is 0.242 e. The molecule has 28 heavy (non-hydrogen) atoms. The summed E-state index contributed by atoms with van der Waals surface area (Å²) in [6.45, 7) is 0.531. The highest BCUT2D eigenvalue weighted by Gasteiger charge is 2.16. The zero-order valence-corrected chi connectivity index (χ0v) is 17.0. The van der Waals surface area contributed by atoms with E-state index in [4.69, 9.17) is 15.2 Å². The second-order valence-electron chi connectivity index (χ2n) is 6.07. The highest BCUT2D eigenvalue weighted by Crippen LogP contribution is 2.28. The Balaban J connectivity index is 1.76. The van der Waals surface area contributed by atoms with Gasteiger partial charge in [0.25, 0.3) is 0 Å². The van der Waals surface area contributed by atoms with E-state index in [0.29, 0.717) is 34.2 Å². The maximum Gasteiger partial charge on any atom is 0.242 e. The molecule has 0 radical (unpaired) electrons. The normalized spacial score (nSPS) is 10.9. The first-order chi connectivity index (χ1) is 13.5. The van der Waals surface area contributed by atoms with Gasteiger partial charge in [0.15, 0.2) is 17.1 Å². The van der Waals surface area contributed by atoms with Crippen molar-refractivity contribution in [3.63, 3.8) is 0 Å². The second kappa shape index (κ2) is 8.34. The van der Waals surface area contributed by atoms with Crippen LogP contribution in [-0.2, 0) is 17.9 Å². The number of amides is 1. The third kappa shape index (κ3) is 3.96. The van der Waals surface area contributed by atoms with Crippen LogP contribution in [0.15, 0.2) is 29.6 Å². The molecular formula is C18H22N6O3S. The Labute approximate surface area is 166 Å². The Morgan fingerprint density at radius 1 is 1.25 bits per heavy atom. The van der Waals surface area contributed by atoms with E-state index in [-0.39, 0.29) is 18.4 Å². The van der Waals surface area contributed by atoms with Gasteiger partial charge in [0.2, 0.25) is 11.9 Å². The van der Waals surface area contributed by atoms with E-state index in [1.807, 2.05) is 24.5 Å². The number of hydrogen-bond acceptors (Lipinski definition) is 8. The first-order valence-corrected chi connectivity index (χ1v) is 9.66. The second-order valence-corrected chi connectivity index (χ2v) is 6.87. The Hall–Kier alpha value is -3.01. The summed E-state index contributed by atoms with van der Waals surface area (Å²) in [6.07, 6.45) is 3.48. The van der Waals surface area contributed by atoms with E-state index in [1.54, 1.807) is 37.1 Å². The Kier molecular flexibility index (Phi) is 5.88. The fraction of sp³-hybridized carbons (Fsp3) is 0.333. The van der Waals surface area contributed by atoms with Gasteiger partial charge < -0.3 is 24.7 Å². The molecule has 0 aliphatic carbocycles. The monoisotopic (exact) mass is 402 g/mol. The number of imidazole rings is 1. The minimum Gasteiger partial charge on any atom is -0.493 e. The highest BCUT2D eigenvalue weighted by atomic mass is 32.2. The van der Waals surface area contributed by atoms with Crippen molar-refractivity contribution in [3.8, 4) is 11.5 Å². The third-order valence-corrected chi connectivity index (χ3v) is 4.91. The molecule has 0 saturated carbocycles.